The van der Waals surface area contributed by atoms with Crippen molar-refractivity contribution in [3.8, 4) is 0 Å². The zero-order valence-electron chi connectivity index (χ0n) is 7.76. The van der Waals surface area contributed by atoms with Crippen molar-refractivity contribution in [3.63, 3.8) is 0 Å². The first-order chi connectivity index (χ1) is 6.03. The van der Waals surface area contributed by atoms with Gasteiger partial charge in [0.15, 0.2) is 11.6 Å². The summed E-state index contributed by atoms with van der Waals surface area (Å²) in [7, 11) is 0. The lowest BCUT2D eigenvalue weighted by molar-refractivity contribution is 0.591. The van der Waals surface area contributed by atoms with Crippen molar-refractivity contribution in [1.82, 2.24) is 9.97 Å². The van der Waals surface area contributed by atoms with Gasteiger partial charge in [-0.1, -0.05) is 6.92 Å². The van der Waals surface area contributed by atoms with Gasteiger partial charge in [0.25, 0.3) is 0 Å². The Kier molecular flexibility index (Phi) is 1.55. The first-order valence-electron chi connectivity index (χ1n) is 4.33. The van der Waals surface area contributed by atoms with Crippen LogP contribution < -0.4 is 5.73 Å². The molecule has 1 saturated carbocycles. The molecule has 0 aliphatic heterocycles. The molecule has 0 aromatic carbocycles. The molecule has 2 N–H and O–H groups in total. The minimum absolute atomic E-state index is 0.0318. The van der Waals surface area contributed by atoms with Crippen LogP contribution in [0, 0.1) is 12.7 Å². The monoisotopic (exact) mass is 181 g/mol. The summed E-state index contributed by atoms with van der Waals surface area (Å²) in [6.45, 7) is 3.68. The molecule has 0 radical (unpaired) electrons. The number of anilines is 1. The molecular formula is C9H12FN3. The molecule has 0 unspecified atom stereocenters. The van der Waals surface area contributed by atoms with E-state index in [0.29, 0.717) is 11.5 Å². The van der Waals surface area contributed by atoms with Crippen LogP contribution in [0.1, 0.15) is 31.3 Å². The van der Waals surface area contributed by atoms with E-state index >= 15 is 0 Å². The van der Waals surface area contributed by atoms with E-state index in [9.17, 15) is 4.39 Å². The fourth-order valence-corrected chi connectivity index (χ4v) is 1.26. The number of nitrogens with two attached hydrogens (primary N) is 1. The molecule has 1 fully saturated rings. The van der Waals surface area contributed by atoms with Gasteiger partial charge in [-0.25, -0.2) is 14.4 Å². The van der Waals surface area contributed by atoms with E-state index in [1.807, 2.05) is 0 Å². The van der Waals surface area contributed by atoms with Crippen LogP contribution in [0.5, 0.6) is 0 Å². The lowest BCUT2D eigenvalue weighted by atomic mass is 10.1. The van der Waals surface area contributed by atoms with Crippen molar-refractivity contribution in [3.05, 3.63) is 17.3 Å². The Bertz CT molecular complexity index is 335. The lowest BCUT2D eigenvalue weighted by Crippen LogP contribution is -2.12. The summed E-state index contributed by atoms with van der Waals surface area (Å²) in [5, 5.41) is 0. The van der Waals surface area contributed by atoms with Crippen molar-refractivity contribution in [1.29, 1.82) is 0 Å². The van der Waals surface area contributed by atoms with Crippen LogP contribution >= 0.6 is 0 Å². The van der Waals surface area contributed by atoms with Crippen molar-refractivity contribution in [2.45, 2.75) is 32.1 Å². The summed E-state index contributed by atoms with van der Waals surface area (Å²) >= 11 is 0. The number of aromatic nitrogens is 2. The maximum atomic E-state index is 13.1. The van der Waals surface area contributed by atoms with E-state index in [2.05, 4.69) is 16.9 Å². The summed E-state index contributed by atoms with van der Waals surface area (Å²) in [5.74, 6) is 0.160. The van der Waals surface area contributed by atoms with Gasteiger partial charge in [0, 0.05) is 5.41 Å². The van der Waals surface area contributed by atoms with Crippen molar-refractivity contribution < 1.29 is 4.39 Å². The predicted octanol–water partition coefficient (Wildman–Crippen LogP) is 1.56. The molecule has 0 bridgehead atoms. The number of hydrogen-bond acceptors (Lipinski definition) is 3. The highest BCUT2D eigenvalue weighted by molar-refractivity contribution is 5.34. The molecule has 1 aliphatic carbocycles. The van der Waals surface area contributed by atoms with Crippen molar-refractivity contribution >= 4 is 5.82 Å². The highest BCUT2D eigenvalue weighted by Gasteiger charge is 2.42. The van der Waals surface area contributed by atoms with Crippen LogP contribution in [-0.4, -0.2) is 9.97 Å². The molecule has 0 amide bonds. The topological polar surface area (TPSA) is 51.8 Å². The van der Waals surface area contributed by atoms with E-state index in [-0.39, 0.29) is 11.2 Å². The maximum absolute atomic E-state index is 13.1. The highest BCUT2D eigenvalue weighted by Crippen LogP contribution is 2.46. The molecule has 70 valence electrons. The third kappa shape index (κ3) is 1.26. The number of hydrogen-bond donors (Lipinski definition) is 1. The average Bonchev–Trinajstić information content (AvgIpc) is 2.80. The second-order valence-corrected chi connectivity index (χ2v) is 3.89. The number of aryl methyl sites for hydroxylation is 1. The van der Waals surface area contributed by atoms with Crippen LogP contribution in [0.15, 0.2) is 0 Å². The second-order valence-electron chi connectivity index (χ2n) is 3.89. The lowest BCUT2D eigenvalue weighted by Gasteiger charge is -2.08. The molecule has 1 aliphatic rings. The van der Waals surface area contributed by atoms with E-state index in [4.69, 9.17) is 5.73 Å². The zero-order valence-corrected chi connectivity index (χ0v) is 7.76. The second kappa shape index (κ2) is 2.40. The largest absolute Gasteiger partial charge is 0.381 e. The van der Waals surface area contributed by atoms with Gasteiger partial charge in [-0.15, -0.1) is 0 Å². The molecular weight excluding hydrogens is 169 g/mol. The average molecular weight is 181 g/mol. The molecule has 0 atom stereocenters. The van der Waals surface area contributed by atoms with Gasteiger partial charge in [-0.05, 0) is 19.8 Å². The third-order valence-electron chi connectivity index (χ3n) is 2.58. The summed E-state index contributed by atoms with van der Waals surface area (Å²) in [6, 6.07) is 0. The number of nitrogen functional groups attached to an aromatic ring is 1. The van der Waals surface area contributed by atoms with E-state index < -0.39 is 5.82 Å². The number of halogens is 1. The normalized spacial score (nSPS) is 18.7. The Morgan fingerprint density at radius 1 is 1.38 bits per heavy atom. The number of nitrogens with zero attached hydrogens (tertiary/aromatic N) is 2. The van der Waals surface area contributed by atoms with Gasteiger partial charge in [-0.3, -0.25) is 0 Å². The zero-order chi connectivity index (χ0) is 9.64. The minimum atomic E-state index is -0.493. The van der Waals surface area contributed by atoms with Crippen LogP contribution in [0.2, 0.25) is 0 Å². The molecule has 2 rings (SSSR count). The van der Waals surface area contributed by atoms with Gasteiger partial charge in [0.1, 0.15) is 5.82 Å². The van der Waals surface area contributed by atoms with Crippen LogP contribution in [-0.2, 0) is 5.41 Å². The molecule has 1 aromatic heterocycles. The van der Waals surface area contributed by atoms with Crippen LogP contribution in [0.4, 0.5) is 10.2 Å². The molecule has 0 saturated heterocycles. The third-order valence-corrected chi connectivity index (χ3v) is 2.58. The van der Waals surface area contributed by atoms with E-state index in [1.165, 1.54) is 0 Å². The quantitative estimate of drug-likeness (QED) is 0.715. The minimum Gasteiger partial charge on any atom is -0.381 e. The maximum Gasteiger partial charge on any atom is 0.186 e. The van der Waals surface area contributed by atoms with Gasteiger partial charge >= 0.3 is 0 Å². The summed E-state index contributed by atoms with van der Waals surface area (Å²) in [6.07, 6.45) is 2.13. The SMILES string of the molecule is Cc1nc(C2(C)CC2)nc(N)c1F. The first kappa shape index (κ1) is 8.41. The van der Waals surface area contributed by atoms with Crippen LogP contribution in [0.3, 0.4) is 0 Å². The van der Waals surface area contributed by atoms with Gasteiger partial charge < -0.3 is 5.73 Å². The Balaban J connectivity index is 2.50. The molecule has 0 spiro atoms. The molecule has 13 heavy (non-hydrogen) atoms. The Morgan fingerprint density at radius 2 is 2.00 bits per heavy atom. The predicted molar refractivity (Wildman–Crippen MR) is 47.7 cm³/mol. The Morgan fingerprint density at radius 3 is 2.46 bits per heavy atom. The Hall–Kier alpha value is -1.19. The molecule has 3 nitrogen and oxygen atoms in total. The van der Waals surface area contributed by atoms with Crippen molar-refractivity contribution in [2.75, 3.05) is 5.73 Å². The molecule has 4 heteroatoms. The van der Waals surface area contributed by atoms with Gasteiger partial charge in [-0.2, -0.15) is 0 Å². The fraction of sp³-hybridized carbons (Fsp3) is 0.556. The summed E-state index contributed by atoms with van der Waals surface area (Å²) in [4.78, 5) is 8.06. The molecule has 1 aromatic rings. The van der Waals surface area contributed by atoms with E-state index in [0.717, 1.165) is 12.8 Å². The fourth-order valence-electron chi connectivity index (χ4n) is 1.26. The molecule has 1 heterocycles. The van der Waals surface area contributed by atoms with Crippen molar-refractivity contribution in [2.24, 2.45) is 0 Å². The summed E-state index contributed by atoms with van der Waals surface area (Å²) < 4.78 is 13.1. The van der Waals surface area contributed by atoms with Gasteiger partial charge in [0.05, 0.1) is 5.69 Å². The van der Waals surface area contributed by atoms with E-state index in [1.54, 1.807) is 6.92 Å². The smallest absolute Gasteiger partial charge is 0.186 e. The van der Waals surface area contributed by atoms with Gasteiger partial charge in [0.2, 0.25) is 0 Å². The standard InChI is InChI=1S/C9H12FN3/c1-5-6(10)7(11)13-8(12-5)9(2)3-4-9/h3-4H2,1-2H3,(H2,11,12,13). The highest BCUT2D eigenvalue weighted by atomic mass is 19.1. The van der Waals surface area contributed by atoms with Crippen LogP contribution in [0.25, 0.3) is 0 Å². The first-order valence-corrected chi connectivity index (χ1v) is 4.33. The Labute approximate surface area is 76.2 Å². The number of rotatable bonds is 1. The summed E-state index contributed by atoms with van der Waals surface area (Å²) in [5.41, 5.74) is 5.81.